The quantitative estimate of drug-likeness (QED) is 0.935. The maximum Gasteiger partial charge on any atom is 0.253 e. The van der Waals surface area contributed by atoms with Gasteiger partial charge in [-0.05, 0) is 37.1 Å². The lowest BCUT2D eigenvalue weighted by atomic mass is 9.92. The molecule has 0 saturated carbocycles. The Hall–Kier alpha value is -2.82. The van der Waals surface area contributed by atoms with Crippen molar-refractivity contribution in [2.75, 3.05) is 26.0 Å². The minimum absolute atomic E-state index is 0.0787. The lowest BCUT2D eigenvalue weighted by Crippen LogP contribution is -2.27. The largest absolute Gasteiger partial charge is 0.493 e. The first-order valence-corrected chi connectivity index (χ1v) is 8.32. The zero-order valence-corrected chi connectivity index (χ0v) is 14.7. The molecule has 1 heterocycles. The summed E-state index contributed by atoms with van der Waals surface area (Å²) in [6.45, 7) is 2.41. The molecule has 0 saturated heterocycles. The van der Waals surface area contributed by atoms with Crippen LogP contribution in [0.25, 0.3) is 0 Å². The van der Waals surface area contributed by atoms with E-state index in [9.17, 15) is 9.59 Å². The van der Waals surface area contributed by atoms with E-state index in [4.69, 9.17) is 4.74 Å². The maximum absolute atomic E-state index is 12.8. The molecule has 0 aromatic heterocycles. The van der Waals surface area contributed by atoms with Crippen LogP contribution in [0.15, 0.2) is 42.5 Å². The van der Waals surface area contributed by atoms with Gasteiger partial charge in [0.15, 0.2) is 0 Å². The van der Waals surface area contributed by atoms with Crippen LogP contribution in [-0.2, 0) is 4.79 Å². The molecule has 0 aliphatic carbocycles. The molecule has 2 aromatic carbocycles. The van der Waals surface area contributed by atoms with Crippen LogP contribution in [-0.4, -0.2) is 37.4 Å². The molecular formula is C20H22N2O3. The van der Waals surface area contributed by atoms with Crippen LogP contribution >= 0.6 is 0 Å². The smallest absolute Gasteiger partial charge is 0.253 e. The molecular weight excluding hydrogens is 316 g/mol. The number of nitrogens with zero attached hydrogens (tertiary/aromatic N) is 1. The summed E-state index contributed by atoms with van der Waals surface area (Å²) in [5.74, 6) is 0.355. The van der Waals surface area contributed by atoms with Crippen LogP contribution in [0.5, 0.6) is 5.75 Å². The fourth-order valence-corrected chi connectivity index (χ4v) is 3.01. The van der Waals surface area contributed by atoms with Crippen molar-refractivity contribution in [2.24, 2.45) is 0 Å². The number of nitrogens with one attached hydrogen (secondary N) is 1. The van der Waals surface area contributed by atoms with Crippen molar-refractivity contribution >= 4 is 17.5 Å². The number of anilines is 1. The second-order valence-electron chi connectivity index (χ2n) is 6.45. The number of aryl methyl sites for hydroxylation is 1. The SMILES string of the molecule is Cc1ccc(NC(=O)[C@H]2CCOc3ccccc32)cc1C(=O)N(C)C. The fraction of sp³-hybridized carbons (Fsp3) is 0.300. The summed E-state index contributed by atoms with van der Waals surface area (Å²) in [4.78, 5) is 26.6. The summed E-state index contributed by atoms with van der Waals surface area (Å²) < 4.78 is 5.62. The highest BCUT2D eigenvalue weighted by molar-refractivity contribution is 6.00. The third kappa shape index (κ3) is 3.50. The van der Waals surface area contributed by atoms with Gasteiger partial charge in [0, 0.05) is 30.9 Å². The van der Waals surface area contributed by atoms with Crippen LogP contribution < -0.4 is 10.1 Å². The topological polar surface area (TPSA) is 58.6 Å². The molecule has 5 nitrogen and oxygen atoms in total. The number of para-hydroxylation sites is 1. The monoisotopic (exact) mass is 338 g/mol. The third-order valence-electron chi connectivity index (χ3n) is 4.42. The molecule has 1 aliphatic rings. The van der Waals surface area contributed by atoms with E-state index in [1.165, 1.54) is 4.90 Å². The molecule has 0 bridgehead atoms. The maximum atomic E-state index is 12.8. The summed E-state index contributed by atoms with van der Waals surface area (Å²) >= 11 is 0. The highest BCUT2D eigenvalue weighted by Gasteiger charge is 2.27. The molecule has 0 spiro atoms. The Morgan fingerprint density at radius 3 is 2.68 bits per heavy atom. The van der Waals surface area contributed by atoms with E-state index in [-0.39, 0.29) is 17.7 Å². The van der Waals surface area contributed by atoms with Crippen LogP contribution in [0.1, 0.15) is 33.8 Å². The number of fused-ring (bicyclic) bond motifs is 1. The molecule has 130 valence electrons. The van der Waals surface area contributed by atoms with E-state index in [2.05, 4.69) is 5.32 Å². The van der Waals surface area contributed by atoms with Crippen molar-refractivity contribution in [1.29, 1.82) is 0 Å². The minimum atomic E-state index is -0.251. The molecule has 1 atom stereocenters. The Balaban J connectivity index is 1.83. The highest BCUT2D eigenvalue weighted by atomic mass is 16.5. The Morgan fingerprint density at radius 2 is 1.92 bits per heavy atom. The number of hydrogen-bond donors (Lipinski definition) is 1. The Bertz CT molecular complexity index is 814. The van der Waals surface area contributed by atoms with Gasteiger partial charge in [0.05, 0.1) is 12.5 Å². The molecule has 2 amide bonds. The Morgan fingerprint density at radius 1 is 1.16 bits per heavy atom. The van der Waals surface area contributed by atoms with E-state index < -0.39 is 0 Å². The zero-order chi connectivity index (χ0) is 18.0. The van der Waals surface area contributed by atoms with Gasteiger partial charge in [0.1, 0.15) is 5.75 Å². The van der Waals surface area contributed by atoms with Gasteiger partial charge in [0.2, 0.25) is 5.91 Å². The minimum Gasteiger partial charge on any atom is -0.493 e. The van der Waals surface area contributed by atoms with E-state index in [1.54, 1.807) is 20.2 Å². The van der Waals surface area contributed by atoms with Crippen LogP contribution in [0.4, 0.5) is 5.69 Å². The predicted octanol–water partition coefficient (Wildman–Crippen LogP) is 3.20. The van der Waals surface area contributed by atoms with Gasteiger partial charge in [-0.3, -0.25) is 9.59 Å². The van der Waals surface area contributed by atoms with E-state index >= 15 is 0 Å². The van der Waals surface area contributed by atoms with Gasteiger partial charge in [-0.2, -0.15) is 0 Å². The standard InChI is InChI=1S/C20H22N2O3/c1-13-8-9-14(12-17(13)20(24)22(2)3)21-19(23)16-10-11-25-18-7-5-4-6-15(16)18/h4-9,12,16H,10-11H2,1-3H3,(H,21,23)/t16-/m0/s1. The predicted molar refractivity (Wildman–Crippen MR) is 97.1 cm³/mol. The first kappa shape index (κ1) is 17.0. The summed E-state index contributed by atoms with van der Waals surface area (Å²) in [5.41, 5.74) is 3.01. The third-order valence-corrected chi connectivity index (χ3v) is 4.42. The summed E-state index contributed by atoms with van der Waals surface area (Å²) in [6, 6.07) is 13.0. The summed E-state index contributed by atoms with van der Waals surface area (Å²) in [5, 5.41) is 2.95. The molecule has 0 fully saturated rings. The van der Waals surface area contributed by atoms with Gasteiger partial charge in [-0.1, -0.05) is 24.3 Å². The number of carbonyl (C=O) groups excluding carboxylic acids is 2. The van der Waals surface area contributed by atoms with Crippen molar-refractivity contribution in [2.45, 2.75) is 19.3 Å². The van der Waals surface area contributed by atoms with Crippen LogP contribution in [0.3, 0.4) is 0 Å². The van der Waals surface area contributed by atoms with Crippen molar-refractivity contribution in [3.05, 3.63) is 59.2 Å². The summed E-state index contributed by atoms with van der Waals surface area (Å²) in [6.07, 6.45) is 0.637. The van der Waals surface area contributed by atoms with Crippen molar-refractivity contribution in [3.8, 4) is 5.75 Å². The Labute approximate surface area is 147 Å². The van der Waals surface area contributed by atoms with Gasteiger partial charge in [-0.25, -0.2) is 0 Å². The number of rotatable bonds is 3. The number of benzene rings is 2. The molecule has 1 N–H and O–H groups in total. The molecule has 1 aliphatic heterocycles. The van der Waals surface area contributed by atoms with Crippen molar-refractivity contribution in [1.82, 2.24) is 4.90 Å². The second kappa shape index (κ2) is 6.97. The highest BCUT2D eigenvalue weighted by Crippen LogP contribution is 2.34. The molecule has 0 radical (unpaired) electrons. The molecule has 3 rings (SSSR count). The zero-order valence-electron chi connectivity index (χ0n) is 14.7. The van der Waals surface area contributed by atoms with Gasteiger partial charge < -0.3 is 15.0 Å². The Kier molecular flexibility index (Phi) is 4.74. The normalized spacial score (nSPS) is 15.7. The fourth-order valence-electron chi connectivity index (χ4n) is 3.01. The number of ether oxygens (including phenoxy) is 1. The lowest BCUT2D eigenvalue weighted by molar-refractivity contribution is -0.118. The van der Waals surface area contributed by atoms with Crippen LogP contribution in [0, 0.1) is 6.92 Å². The van der Waals surface area contributed by atoms with Crippen LogP contribution in [0.2, 0.25) is 0 Å². The summed E-state index contributed by atoms with van der Waals surface area (Å²) in [7, 11) is 3.43. The molecule has 5 heteroatoms. The first-order chi connectivity index (χ1) is 12.0. The molecule has 2 aromatic rings. The number of carbonyl (C=O) groups is 2. The average molecular weight is 338 g/mol. The molecule has 0 unspecified atom stereocenters. The average Bonchev–Trinajstić information content (AvgIpc) is 2.62. The van der Waals surface area contributed by atoms with Crippen molar-refractivity contribution in [3.63, 3.8) is 0 Å². The van der Waals surface area contributed by atoms with Crippen molar-refractivity contribution < 1.29 is 14.3 Å². The van der Waals surface area contributed by atoms with E-state index in [0.29, 0.717) is 24.3 Å². The number of amides is 2. The lowest BCUT2D eigenvalue weighted by Gasteiger charge is -2.25. The number of hydrogen-bond acceptors (Lipinski definition) is 3. The van der Waals surface area contributed by atoms with E-state index in [1.807, 2.05) is 43.3 Å². The van der Waals surface area contributed by atoms with Gasteiger partial charge in [-0.15, -0.1) is 0 Å². The first-order valence-electron chi connectivity index (χ1n) is 8.32. The molecule has 25 heavy (non-hydrogen) atoms. The second-order valence-corrected chi connectivity index (χ2v) is 6.45. The van der Waals surface area contributed by atoms with Gasteiger partial charge >= 0.3 is 0 Å². The van der Waals surface area contributed by atoms with E-state index in [0.717, 1.165) is 16.9 Å². The van der Waals surface area contributed by atoms with Gasteiger partial charge in [0.25, 0.3) is 5.91 Å².